The quantitative estimate of drug-likeness (QED) is 0.879. The summed E-state index contributed by atoms with van der Waals surface area (Å²) in [7, 11) is 0. The maximum atomic E-state index is 11.0. The second kappa shape index (κ2) is 4.89. The molecule has 2 rings (SSSR count). The molecule has 1 aliphatic rings. The van der Waals surface area contributed by atoms with Crippen molar-refractivity contribution in [2.75, 3.05) is 6.61 Å². The molecule has 0 aromatic heterocycles. The Hall–Kier alpha value is -1.00. The van der Waals surface area contributed by atoms with Crippen LogP contribution in [-0.4, -0.2) is 29.0 Å². The Balaban J connectivity index is 2.17. The molecule has 1 saturated heterocycles. The summed E-state index contributed by atoms with van der Waals surface area (Å²) >= 11 is 1.61. The molecule has 86 valence electrons. The number of hydrogen-bond acceptors (Lipinski definition) is 3. The van der Waals surface area contributed by atoms with E-state index in [0.29, 0.717) is 10.8 Å². The van der Waals surface area contributed by atoms with Crippen LogP contribution in [0.3, 0.4) is 0 Å². The van der Waals surface area contributed by atoms with E-state index < -0.39 is 5.97 Å². The molecule has 1 N–H and O–H groups in total. The third-order valence-corrected chi connectivity index (χ3v) is 4.23. The molecule has 1 aliphatic heterocycles. The van der Waals surface area contributed by atoms with Gasteiger partial charge in [0.1, 0.15) is 0 Å². The van der Waals surface area contributed by atoms with Crippen LogP contribution in [0.15, 0.2) is 29.2 Å². The highest BCUT2D eigenvalue weighted by Gasteiger charge is 2.26. The molecule has 16 heavy (non-hydrogen) atoms. The Bertz CT molecular complexity index is 392. The zero-order valence-corrected chi connectivity index (χ0v) is 9.87. The van der Waals surface area contributed by atoms with Gasteiger partial charge in [-0.15, -0.1) is 11.8 Å². The van der Waals surface area contributed by atoms with Gasteiger partial charge in [0, 0.05) is 16.8 Å². The molecule has 1 heterocycles. The minimum absolute atomic E-state index is 0.201. The summed E-state index contributed by atoms with van der Waals surface area (Å²) < 4.78 is 5.47. The van der Waals surface area contributed by atoms with Crippen molar-refractivity contribution >= 4 is 17.7 Å². The summed E-state index contributed by atoms with van der Waals surface area (Å²) in [4.78, 5) is 11.9. The third kappa shape index (κ3) is 2.39. The average Bonchev–Trinajstić information content (AvgIpc) is 2.65. The van der Waals surface area contributed by atoms with Crippen LogP contribution >= 0.6 is 11.8 Å². The largest absolute Gasteiger partial charge is 0.478 e. The number of carbonyl (C=O) groups is 1. The van der Waals surface area contributed by atoms with Crippen molar-refractivity contribution in [1.82, 2.24) is 0 Å². The predicted octanol–water partition coefficient (Wildman–Crippen LogP) is 2.65. The van der Waals surface area contributed by atoms with Crippen molar-refractivity contribution in [2.24, 2.45) is 0 Å². The normalized spacial score (nSPS) is 24.6. The van der Waals surface area contributed by atoms with Gasteiger partial charge in [-0.25, -0.2) is 4.79 Å². The second-order valence-electron chi connectivity index (χ2n) is 3.82. The summed E-state index contributed by atoms with van der Waals surface area (Å²) in [6, 6.07) is 7.13. The molecular formula is C12H14O3S. The van der Waals surface area contributed by atoms with Crippen molar-refractivity contribution in [1.29, 1.82) is 0 Å². The molecule has 4 heteroatoms. The lowest BCUT2D eigenvalue weighted by atomic mass is 10.2. The van der Waals surface area contributed by atoms with Gasteiger partial charge in [-0.1, -0.05) is 12.1 Å². The smallest absolute Gasteiger partial charge is 0.336 e. The zero-order valence-electron chi connectivity index (χ0n) is 9.05. The maximum absolute atomic E-state index is 11.0. The Labute approximate surface area is 98.8 Å². The monoisotopic (exact) mass is 238 g/mol. The zero-order chi connectivity index (χ0) is 11.5. The van der Waals surface area contributed by atoms with Crippen LogP contribution in [0.1, 0.15) is 23.7 Å². The summed E-state index contributed by atoms with van der Waals surface area (Å²) in [6.45, 7) is 2.81. The van der Waals surface area contributed by atoms with Crippen LogP contribution < -0.4 is 0 Å². The van der Waals surface area contributed by atoms with E-state index in [2.05, 4.69) is 0 Å². The van der Waals surface area contributed by atoms with Crippen LogP contribution in [-0.2, 0) is 4.74 Å². The minimum atomic E-state index is -0.866. The first-order valence-electron chi connectivity index (χ1n) is 5.29. The molecule has 0 amide bonds. The van der Waals surface area contributed by atoms with Crippen LogP contribution in [0.2, 0.25) is 0 Å². The van der Waals surface area contributed by atoms with E-state index in [9.17, 15) is 4.79 Å². The fraction of sp³-hybridized carbons (Fsp3) is 0.417. The van der Waals surface area contributed by atoms with Crippen LogP contribution in [0.25, 0.3) is 0 Å². The van der Waals surface area contributed by atoms with Crippen molar-refractivity contribution in [3.8, 4) is 0 Å². The number of thioether (sulfide) groups is 1. The van der Waals surface area contributed by atoms with Gasteiger partial charge in [0.2, 0.25) is 0 Å². The first-order valence-corrected chi connectivity index (χ1v) is 6.17. The lowest BCUT2D eigenvalue weighted by Gasteiger charge is -2.14. The van der Waals surface area contributed by atoms with Gasteiger partial charge < -0.3 is 9.84 Å². The van der Waals surface area contributed by atoms with Gasteiger partial charge >= 0.3 is 5.97 Å². The molecular weight excluding hydrogens is 224 g/mol. The SMILES string of the molecule is CC1OCCC1Sc1ccccc1C(=O)O. The van der Waals surface area contributed by atoms with Gasteiger partial charge in [-0.05, 0) is 25.5 Å². The van der Waals surface area contributed by atoms with Crippen LogP contribution in [0.4, 0.5) is 0 Å². The number of rotatable bonds is 3. The maximum Gasteiger partial charge on any atom is 0.336 e. The van der Waals surface area contributed by atoms with Gasteiger partial charge in [0.15, 0.2) is 0 Å². The predicted molar refractivity (Wildman–Crippen MR) is 63.1 cm³/mol. The number of benzene rings is 1. The highest BCUT2D eigenvalue weighted by Crippen LogP contribution is 2.34. The minimum Gasteiger partial charge on any atom is -0.478 e. The number of carboxylic acid groups (broad SMARTS) is 1. The molecule has 0 aliphatic carbocycles. The van der Waals surface area contributed by atoms with Gasteiger partial charge in [0.05, 0.1) is 11.7 Å². The molecule has 0 radical (unpaired) electrons. The Morgan fingerprint density at radius 3 is 2.88 bits per heavy atom. The van der Waals surface area contributed by atoms with Crippen LogP contribution in [0, 0.1) is 0 Å². The lowest BCUT2D eigenvalue weighted by molar-refractivity contribution is 0.0693. The molecule has 1 aromatic carbocycles. The Morgan fingerprint density at radius 1 is 1.50 bits per heavy atom. The van der Waals surface area contributed by atoms with E-state index in [1.165, 1.54) is 0 Å². The van der Waals surface area contributed by atoms with Crippen molar-refractivity contribution in [3.05, 3.63) is 29.8 Å². The second-order valence-corrected chi connectivity index (χ2v) is 5.10. The molecule has 3 nitrogen and oxygen atoms in total. The topological polar surface area (TPSA) is 46.5 Å². The molecule has 1 fully saturated rings. The number of aromatic carboxylic acids is 1. The summed E-state index contributed by atoms with van der Waals surface area (Å²) in [5.74, 6) is -0.866. The molecule has 0 bridgehead atoms. The lowest BCUT2D eigenvalue weighted by Crippen LogP contribution is -2.13. The first kappa shape index (κ1) is 11.5. The summed E-state index contributed by atoms with van der Waals surface area (Å²) in [6.07, 6.45) is 1.19. The number of hydrogen-bond donors (Lipinski definition) is 1. The van der Waals surface area contributed by atoms with Crippen molar-refractivity contribution in [3.63, 3.8) is 0 Å². The number of carboxylic acids is 1. The van der Waals surface area contributed by atoms with Gasteiger partial charge in [-0.2, -0.15) is 0 Å². The van der Waals surface area contributed by atoms with Crippen molar-refractivity contribution < 1.29 is 14.6 Å². The number of ether oxygens (including phenoxy) is 1. The third-order valence-electron chi connectivity index (χ3n) is 2.70. The highest BCUT2D eigenvalue weighted by molar-refractivity contribution is 8.00. The van der Waals surface area contributed by atoms with E-state index in [4.69, 9.17) is 9.84 Å². The van der Waals surface area contributed by atoms with Gasteiger partial charge in [0.25, 0.3) is 0 Å². The Morgan fingerprint density at radius 2 is 2.25 bits per heavy atom. The first-order chi connectivity index (χ1) is 7.68. The van der Waals surface area contributed by atoms with E-state index >= 15 is 0 Å². The average molecular weight is 238 g/mol. The molecule has 0 saturated carbocycles. The van der Waals surface area contributed by atoms with E-state index in [1.807, 2.05) is 19.1 Å². The fourth-order valence-electron chi connectivity index (χ4n) is 1.78. The highest BCUT2D eigenvalue weighted by atomic mass is 32.2. The van der Waals surface area contributed by atoms with Gasteiger partial charge in [-0.3, -0.25) is 0 Å². The molecule has 1 aromatic rings. The van der Waals surface area contributed by atoms with E-state index in [-0.39, 0.29) is 6.10 Å². The van der Waals surface area contributed by atoms with E-state index in [0.717, 1.165) is 17.9 Å². The Kier molecular flexibility index (Phi) is 3.51. The summed E-state index contributed by atoms with van der Waals surface area (Å²) in [5, 5.41) is 9.42. The van der Waals surface area contributed by atoms with E-state index in [1.54, 1.807) is 23.9 Å². The molecule has 2 unspecified atom stereocenters. The van der Waals surface area contributed by atoms with Crippen molar-refractivity contribution in [2.45, 2.75) is 29.6 Å². The molecule has 0 spiro atoms. The standard InChI is InChI=1S/C12H14O3S/c1-8-10(6-7-15-8)16-11-5-3-2-4-9(11)12(13)14/h2-5,8,10H,6-7H2,1H3,(H,13,14). The molecule has 2 atom stereocenters. The fourth-order valence-corrected chi connectivity index (χ4v) is 3.03. The van der Waals surface area contributed by atoms with Crippen LogP contribution in [0.5, 0.6) is 0 Å². The summed E-state index contributed by atoms with van der Waals surface area (Å²) in [5.41, 5.74) is 0.381.